The molecule has 2 atom stereocenters. The van der Waals surface area contributed by atoms with Crippen LogP contribution in [0, 0.1) is 11.8 Å². The Morgan fingerprint density at radius 3 is 2.64 bits per heavy atom. The van der Waals surface area contributed by atoms with Crippen LogP contribution in [-0.4, -0.2) is 64.3 Å². The SMILES string of the molecule is CCNC(=NCCCS(=O)(=O)Cc1ccccc1)N1CC(C)C(C(=O)OC)C1. The molecule has 0 bridgehead atoms. The quantitative estimate of drug-likeness (QED) is 0.304. The van der Waals surface area contributed by atoms with E-state index in [1.54, 1.807) is 0 Å². The van der Waals surface area contributed by atoms with Gasteiger partial charge in [0.2, 0.25) is 0 Å². The highest BCUT2D eigenvalue weighted by atomic mass is 32.2. The second-order valence-corrected chi connectivity index (χ2v) is 9.36. The van der Waals surface area contributed by atoms with Crippen LogP contribution in [0.3, 0.4) is 0 Å². The number of hydrogen-bond donors (Lipinski definition) is 1. The maximum Gasteiger partial charge on any atom is 0.310 e. The number of ether oxygens (including phenoxy) is 1. The predicted octanol–water partition coefficient (Wildman–Crippen LogP) is 1.70. The number of carbonyl (C=O) groups excluding carboxylic acids is 1. The molecular weight excluding hydrogens is 378 g/mol. The number of guanidine groups is 1. The zero-order chi connectivity index (χ0) is 20.6. The fraction of sp³-hybridized carbons (Fsp3) is 0.600. The molecule has 1 aliphatic rings. The molecule has 0 aromatic heterocycles. The molecule has 1 heterocycles. The summed E-state index contributed by atoms with van der Waals surface area (Å²) in [4.78, 5) is 18.5. The van der Waals surface area contributed by atoms with Crippen molar-refractivity contribution in [1.29, 1.82) is 0 Å². The van der Waals surface area contributed by atoms with Crippen LogP contribution >= 0.6 is 0 Å². The lowest BCUT2D eigenvalue weighted by Gasteiger charge is -2.21. The number of nitrogens with one attached hydrogen (secondary N) is 1. The molecule has 1 aromatic carbocycles. The summed E-state index contributed by atoms with van der Waals surface area (Å²) in [5.41, 5.74) is 0.805. The van der Waals surface area contributed by atoms with Gasteiger partial charge in [-0.2, -0.15) is 0 Å². The Hall–Kier alpha value is -2.09. The number of esters is 1. The number of methoxy groups -OCH3 is 1. The van der Waals surface area contributed by atoms with E-state index in [4.69, 9.17) is 4.74 Å². The third kappa shape index (κ3) is 6.51. The summed E-state index contributed by atoms with van der Waals surface area (Å²) in [6, 6.07) is 9.21. The van der Waals surface area contributed by atoms with Gasteiger partial charge in [-0.3, -0.25) is 9.79 Å². The van der Waals surface area contributed by atoms with Gasteiger partial charge in [-0.1, -0.05) is 37.3 Å². The van der Waals surface area contributed by atoms with Crippen LogP contribution in [0.1, 0.15) is 25.8 Å². The highest BCUT2D eigenvalue weighted by molar-refractivity contribution is 7.90. The number of rotatable bonds is 8. The number of nitrogens with zero attached hydrogens (tertiary/aromatic N) is 2. The normalized spacial score (nSPS) is 20.2. The molecule has 1 aromatic rings. The lowest BCUT2D eigenvalue weighted by molar-refractivity contribution is -0.145. The highest BCUT2D eigenvalue weighted by Crippen LogP contribution is 2.24. The van der Waals surface area contributed by atoms with Crippen molar-refractivity contribution in [3.8, 4) is 0 Å². The number of sulfone groups is 1. The first-order valence-corrected chi connectivity index (χ1v) is 11.5. The molecule has 1 N–H and O–H groups in total. The van der Waals surface area contributed by atoms with Gasteiger partial charge in [0.05, 0.1) is 24.5 Å². The molecule has 28 heavy (non-hydrogen) atoms. The minimum atomic E-state index is -3.16. The summed E-state index contributed by atoms with van der Waals surface area (Å²) in [6.07, 6.45) is 0.466. The van der Waals surface area contributed by atoms with Crippen molar-refractivity contribution in [3.63, 3.8) is 0 Å². The zero-order valence-electron chi connectivity index (χ0n) is 16.9. The van der Waals surface area contributed by atoms with Gasteiger partial charge in [-0.25, -0.2) is 8.42 Å². The highest BCUT2D eigenvalue weighted by Gasteiger charge is 2.36. The summed E-state index contributed by atoms with van der Waals surface area (Å²) in [5, 5.41) is 3.23. The van der Waals surface area contributed by atoms with E-state index in [1.165, 1.54) is 7.11 Å². The van der Waals surface area contributed by atoms with Gasteiger partial charge >= 0.3 is 5.97 Å². The van der Waals surface area contributed by atoms with Crippen molar-refractivity contribution in [1.82, 2.24) is 10.2 Å². The molecule has 0 spiro atoms. The summed E-state index contributed by atoms with van der Waals surface area (Å²) < 4.78 is 29.5. The topological polar surface area (TPSA) is 88.1 Å². The van der Waals surface area contributed by atoms with Gasteiger partial charge < -0.3 is 15.0 Å². The summed E-state index contributed by atoms with van der Waals surface area (Å²) in [6.45, 7) is 6.42. The van der Waals surface area contributed by atoms with E-state index in [2.05, 4.69) is 10.3 Å². The van der Waals surface area contributed by atoms with Crippen molar-refractivity contribution >= 4 is 21.8 Å². The van der Waals surface area contributed by atoms with Crippen molar-refractivity contribution in [2.75, 3.05) is 39.0 Å². The number of hydrogen-bond acceptors (Lipinski definition) is 5. The van der Waals surface area contributed by atoms with Gasteiger partial charge in [0.15, 0.2) is 15.8 Å². The Balaban J connectivity index is 1.90. The van der Waals surface area contributed by atoms with Gasteiger partial charge in [0, 0.05) is 26.2 Å². The fourth-order valence-electron chi connectivity index (χ4n) is 3.39. The molecule has 1 aliphatic heterocycles. The molecule has 0 aliphatic carbocycles. The molecule has 2 unspecified atom stereocenters. The van der Waals surface area contributed by atoms with Crippen molar-refractivity contribution in [3.05, 3.63) is 35.9 Å². The van der Waals surface area contributed by atoms with Crippen LogP contribution in [0.25, 0.3) is 0 Å². The summed E-state index contributed by atoms with van der Waals surface area (Å²) in [5.74, 6) is 0.704. The molecule has 2 rings (SSSR count). The van der Waals surface area contributed by atoms with Crippen LogP contribution in [0.2, 0.25) is 0 Å². The first kappa shape index (κ1) is 22.2. The molecule has 0 saturated carbocycles. The number of benzene rings is 1. The van der Waals surface area contributed by atoms with E-state index in [0.717, 1.165) is 18.1 Å². The number of likely N-dealkylation sites (tertiary alicyclic amines) is 1. The minimum Gasteiger partial charge on any atom is -0.469 e. The lowest BCUT2D eigenvalue weighted by Crippen LogP contribution is -2.40. The Kier molecular flexibility index (Phi) is 8.29. The van der Waals surface area contributed by atoms with Crippen LogP contribution in [0.5, 0.6) is 0 Å². The van der Waals surface area contributed by atoms with Crippen LogP contribution in [0.4, 0.5) is 0 Å². The summed E-state index contributed by atoms with van der Waals surface area (Å²) in [7, 11) is -1.75. The number of carbonyl (C=O) groups is 1. The Morgan fingerprint density at radius 1 is 1.29 bits per heavy atom. The van der Waals surface area contributed by atoms with E-state index < -0.39 is 9.84 Å². The second kappa shape index (κ2) is 10.5. The standard InChI is InChI=1S/C20H31N3O4S/c1-4-21-20(23-13-16(2)18(14-23)19(24)27-3)22-11-8-12-28(25,26)15-17-9-6-5-7-10-17/h5-7,9-10,16,18H,4,8,11-15H2,1-3H3,(H,21,22). The average molecular weight is 410 g/mol. The van der Waals surface area contributed by atoms with Gasteiger partial charge in [-0.15, -0.1) is 0 Å². The third-order valence-electron chi connectivity index (χ3n) is 4.86. The van der Waals surface area contributed by atoms with Crippen molar-refractivity contribution in [2.24, 2.45) is 16.8 Å². The first-order valence-electron chi connectivity index (χ1n) is 9.71. The monoisotopic (exact) mass is 409 g/mol. The van der Waals surface area contributed by atoms with Crippen molar-refractivity contribution in [2.45, 2.75) is 26.0 Å². The Labute approximate surface area is 168 Å². The van der Waals surface area contributed by atoms with E-state index in [1.807, 2.05) is 49.1 Å². The van der Waals surface area contributed by atoms with E-state index in [9.17, 15) is 13.2 Å². The van der Waals surface area contributed by atoms with Gasteiger partial charge in [0.1, 0.15) is 0 Å². The molecule has 1 fully saturated rings. The average Bonchev–Trinajstić information content (AvgIpc) is 3.05. The Bertz CT molecular complexity index is 765. The Morgan fingerprint density at radius 2 is 2.00 bits per heavy atom. The largest absolute Gasteiger partial charge is 0.469 e. The predicted molar refractivity (Wildman–Crippen MR) is 111 cm³/mol. The number of aliphatic imine (C=N–C) groups is 1. The summed E-state index contributed by atoms with van der Waals surface area (Å²) >= 11 is 0. The van der Waals surface area contributed by atoms with E-state index in [-0.39, 0.29) is 29.3 Å². The van der Waals surface area contributed by atoms with E-state index >= 15 is 0 Å². The molecule has 156 valence electrons. The molecule has 8 heteroatoms. The third-order valence-corrected chi connectivity index (χ3v) is 6.54. The zero-order valence-corrected chi connectivity index (χ0v) is 17.7. The van der Waals surface area contributed by atoms with Crippen LogP contribution < -0.4 is 5.32 Å². The van der Waals surface area contributed by atoms with Crippen molar-refractivity contribution < 1.29 is 17.9 Å². The molecule has 0 amide bonds. The van der Waals surface area contributed by atoms with Gasteiger partial charge in [-0.05, 0) is 24.8 Å². The molecule has 7 nitrogen and oxygen atoms in total. The minimum absolute atomic E-state index is 0.0576. The smallest absolute Gasteiger partial charge is 0.310 e. The van der Waals surface area contributed by atoms with Gasteiger partial charge in [0.25, 0.3) is 0 Å². The molecular formula is C20H31N3O4S. The molecule has 0 radical (unpaired) electrons. The van der Waals surface area contributed by atoms with E-state index in [0.29, 0.717) is 26.1 Å². The maximum absolute atomic E-state index is 12.3. The van der Waals surface area contributed by atoms with Crippen LogP contribution in [-0.2, 0) is 25.1 Å². The first-order chi connectivity index (χ1) is 13.4. The molecule has 1 saturated heterocycles. The van der Waals surface area contributed by atoms with Crippen LogP contribution in [0.15, 0.2) is 35.3 Å². The maximum atomic E-state index is 12.3. The fourth-order valence-corrected chi connectivity index (χ4v) is 4.81. The second-order valence-electron chi connectivity index (χ2n) is 7.18. The lowest BCUT2D eigenvalue weighted by atomic mass is 9.99.